The summed E-state index contributed by atoms with van der Waals surface area (Å²) in [5.41, 5.74) is 9.18. The first-order chi connectivity index (χ1) is 27.0. The van der Waals surface area contributed by atoms with Gasteiger partial charge in [0.1, 0.15) is 11.5 Å². The smallest absolute Gasteiger partial charge is 0.204 e. The Morgan fingerprint density at radius 2 is 1.41 bits per heavy atom. The number of benzene rings is 5. The zero-order valence-electron chi connectivity index (χ0n) is 33.1. The van der Waals surface area contributed by atoms with Crippen molar-refractivity contribution in [2.45, 2.75) is 56.2 Å². The van der Waals surface area contributed by atoms with E-state index in [9.17, 15) is 8.42 Å². The third-order valence-electron chi connectivity index (χ3n) is 11.7. The van der Waals surface area contributed by atoms with Crippen molar-refractivity contribution < 1.29 is 32.1 Å². The highest BCUT2D eigenvalue weighted by atomic mass is 32.2. The lowest BCUT2D eigenvalue weighted by Gasteiger charge is -2.38. The molecule has 0 spiro atoms. The minimum atomic E-state index is -3.58. The van der Waals surface area contributed by atoms with E-state index in [2.05, 4.69) is 61.2 Å². The number of likely N-dealkylation sites (N-methyl/N-ethyl adjacent to an activating group) is 2. The number of hydrogen-bond acceptors (Lipinski definition) is 9. The molecule has 0 unspecified atom stereocenters. The van der Waals surface area contributed by atoms with E-state index in [-0.39, 0.29) is 23.6 Å². The van der Waals surface area contributed by atoms with Crippen LogP contribution in [0.25, 0.3) is 0 Å². The molecular weight excluding hydrogens is 725 g/mol. The first kappa shape index (κ1) is 37.9. The fourth-order valence-corrected chi connectivity index (χ4v) is 10.2. The predicted molar refractivity (Wildman–Crippen MR) is 219 cm³/mol. The van der Waals surface area contributed by atoms with E-state index < -0.39 is 9.84 Å². The van der Waals surface area contributed by atoms with E-state index in [1.807, 2.05) is 54.6 Å². The maximum Gasteiger partial charge on any atom is 0.204 e. The fourth-order valence-electron chi connectivity index (χ4n) is 8.67. The summed E-state index contributed by atoms with van der Waals surface area (Å²) in [4.78, 5) is 4.74. The summed E-state index contributed by atoms with van der Waals surface area (Å²) in [6.45, 7) is 3.86. The molecule has 10 heteroatoms. The van der Waals surface area contributed by atoms with E-state index in [1.165, 1.54) is 16.7 Å². The lowest BCUT2D eigenvalue weighted by molar-refractivity contribution is 0.220. The fraction of sp³-hybridized carbons (Fsp3) is 0.348. The van der Waals surface area contributed by atoms with Gasteiger partial charge < -0.3 is 23.7 Å². The van der Waals surface area contributed by atoms with Crippen LogP contribution in [0, 0.1) is 6.92 Å². The van der Waals surface area contributed by atoms with Crippen molar-refractivity contribution in [3.8, 4) is 40.2 Å². The maximum atomic E-state index is 13.9. The van der Waals surface area contributed by atoms with Crippen LogP contribution in [0.4, 0.5) is 0 Å². The molecule has 0 aromatic heterocycles. The summed E-state index contributed by atoms with van der Waals surface area (Å²) in [6.07, 6.45) is 3.03. The van der Waals surface area contributed by atoms with Crippen molar-refractivity contribution in [3.05, 3.63) is 135 Å². The van der Waals surface area contributed by atoms with Crippen molar-refractivity contribution in [1.29, 1.82) is 0 Å². The Morgan fingerprint density at radius 3 is 2.12 bits per heavy atom. The molecule has 4 aliphatic heterocycles. The van der Waals surface area contributed by atoms with Crippen LogP contribution in [0.15, 0.2) is 84.9 Å². The summed E-state index contributed by atoms with van der Waals surface area (Å²) < 4.78 is 59.5. The van der Waals surface area contributed by atoms with Crippen LogP contribution in [-0.2, 0) is 47.0 Å². The first-order valence-electron chi connectivity index (χ1n) is 19.2. The molecule has 2 atom stereocenters. The minimum absolute atomic E-state index is 0.0713. The van der Waals surface area contributed by atoms with Crippen molar-refractivity contribution in [2.24, 2.45) is 0 Å². The Bertz CT molecular complexity index is 2360. The van der Waals surface area contributed by atoms with Gasteiger partial charge in [-0.1, -0.05) is 48.5 Å². The maximum absolute atomic E-state index is 13.9. The van der Waals surface area contributed by atoms with Gasteiger partial charge in [0, 0.05) is 30.7 Å². The highest BCUT2D eigenvalue weighted by molar-refractivity contribution is 7.89. The average Bonchev–Trinajstić information content (AvgIpc) is 3.18. The molecule has 0 aliphatic carbocycles. The molecule has 9 nitrogen and oxygen atoms in total. The Labute approximate surface area is 330 Å². The summed E-state index contributed by atoms with van der Waals surface area (Å²) in [6, 6.07) is 27.9. The number of nitrogens with zero attached hydrogens (tertiary/aromatic N) is 2. The van der Waals surface area contributed by atoms with E-state index >= 15 is 0 Å². The first-order valence-corrected chi connectivity index (χ1v) is 21.1. The molecule has 0 amide bonds. The van der Waals surface area contributed by atoms with Gasteiger partial charge in [-0.3, -0.25) is 9.80 Å². The van der Waals surface area contributed by atoms with Crippen LogP contribution in [0.5, 0.6) is 40.2 Å². The van der Waals surface area contributed by atoms with Crippen LogP contribution >= 0.6 is 0 Å². The number of ether oxygens (including phenoxy) is 5. The third kappa shape index (κ3) is 7.45. The zero-order chi connectivity index (χ0) is 39.1. The molecule has 6 bridgehead atoms. The molecule has 56 heavy (non-hydrogen) atoms. The number of aryl methyl sites for hydroxylation is 1. The second kappa shape index (κ2) is 15.5. The molecule has 4 aliphatic rings. The van der Waals surface area contributed by atoms with Gasteiger partial charge in [-0.2, -0.15) is 0 Å². The molecule has 5 aromatic carbocycles. The lowest BCUT2D eigenvalue weighted by Crippen LogP contribution is -2.34. The van der Waals surface area contributed by atoms with E-state index in [0.717, 1.165) is 65.9 Å². The monoisotopic (exact) mass is 774 g/mol. The number of methoxy groups -OCH3 is 3. The Balaban J connectivity index is 1.33. The highest BCUT2D eigenvalue weighted by Crippen LogP contribution is 2.51. The van der Waals surface area contributed by atoms with Gasteiger partial charge in [-0.05, 0) is 128 Å². The molecule has 9 rings (SSSR count). The van der Waals surface area contributed by atoms with Gasteiger partial charge in [-0.15, -0.1) is 0 Å². The molecule has 0 radical (unpaired) electrons. The van der Waals surface area contributed by atoms with Crippen LogP contribution < -0.4 is 23.7 Å². The summed E-state index contributed by atoms with van der Waals surface area (Å²) >= 11 is 0. The Kier molecular flexibility index (Phi) is 10.5. The van der Waals surface area contributed by atoms with Gasteiger partial charge in [0.05, 0.1) is 32.8 Å². The number of fused-ring (bicyclic) bond motifs is 2. The van der Waals surface area contributed by atoms with Gasteiger partial charge in [-0.25, -0.2) is 8.42 Å². The number of hydrogen-bond donors (Lipinski definition) is 0. The van der Waals surface area contributed by atoms with E-state index in [4.69, 9.17) is 23.7 Å². The lowest BCUT2D eigenvalue weighted by atomic mass is 9.86. The third-order valence-corrected chi connectivity index (χ3v) is 13.2. The quantitative estimate of drug-likeness (QED) is 0.162. The normalized spacial score (nSPS) is 18.2. The molecule has 5 aromatic rings. The van der Waals surface area contributed by atoms with Crippen LogP contribution in [-0.4, -0.2) is 66.7 Å². The predicted octanol–water partition coefficient (Wildman–Crippen LogP) is 8.58. The molecule has 0 fully saturated rings. The van der Waals surface area contributed by atoms with Crippen LogP contribution in [0.2, 0.25) is 0 Å². The molecule has 4 heterocycles. The molecule has 0 saturated heterocycles. The van der Waals surface area contributed by atoms with Crippen molar-refractivity contribution in [1.82, 2.24) is 9.80 Å². The second-order valence-corrected chi connectivity index (χ2v) is 17.4. The largest absolute Gasteiger partial charge is 0.493 e. The van der Waals surface area contributed by atoms with E-state index in [0.29, 0.717) is 46.5 Å². The molecular formula is C46H50N2O7S. The SMILES string of the molecule is COc1cc(CS(=O)(=O)Cc2ccccc2)c2cc1Oc1ccc(cc1)C[C@H]1c3cc(c(C)cc3CCN1C)Oc1c(OC)c(OC)cc3c1[C@H](C2)N(C)CC3. The summed E-state index contributed by atoms with van der Waals surface area (Å²) in [7, 11) is 5.62. The van der Waals surface area contributed by atoms with Gasteiger partial charge in [0.2, 0.25) is 5.75 Å². The molecule has 292 valence electrons. The Hall–Kier alpha value is -5.03. The number of rotatable bonds is 7. The molecule has 0 N–H and O–H groups in total. The number of sulfone groups is 1. The Morgan fingerprint density at radius 1 is 0.696 bits per heavy atom. The topological polar surface area (TPSA) is 86.8 Å². The van der Waals surface area contributed by atoms with Gasteiger partial charge in [0.15, 0.2) is 32.8 Å². The van der Waals surface area contributed by atoms with Crippen molar-refractivity contribution in [2.75, 3.05) is 48.5 Å². The highest BCUT2D eigenvalue weighted by Gasteiger charge is 2.35. The van der Waals surface area contributed by atoms with Crippen molar-refractivity contribution >= 4 is 9.84 Å². The minimum Gasteiger partial charge on any atom is -0.493 e. The second-order valence-electron chi connectivity index (χ2n) is 15.4. The van der Waals surface area contributed by atoms with Gasteiger partial charge in [0.25, 0.3) is 0 Å². The zero-order valence-corrected chi connectivity index (χ0v) is 33.9. The standard InChI is InChI=1S/C46H50N2O7S/c1-29-20-32-16-18-47(2)38-21-30-12-14-36(15-13-30)54-42-24-34(35(25-41(42)51-4)28-56(49,50)27-31-10-8-7-9-11-31)22-39-44-33(17-19-48(39)3)23-43(52-5)45(53-6)46(44)55-40(29)26-37(32)38/h7-15,20,23-26,38-39H,16-19,21-22,27-28H2,1-6H3/t38-,39-/m0/s1. The molecule has 0 saturated carbocycles. The van der Waals surface area contributed by atoms with Gasteiger partial charge >= 0.3 is 0 Å². The van der Waals surface area contributed by atoms with E-state index in [1.54, 1.807) is 21.3 Å². The summed E-state index contributed by atoms with van der Waals surface area (Å²) in [5.74, 6) is 3.94. The van der Waals surface area contributed by atoms with Crippen LogP contribution in [0.1, 0.15) is 62.2 Å². The van der Waals surface area contributed by atoms with Crippen molar-refractivity contribution in [3.63, 3.8) is 0 Å². The average molecular weight is 775 g/mol. The summed E-state index contributed by atoms with van der Waals surface area (Å²) in [5, 5.41) is 0. The van der Waals surface area contributed by atoms with Crippen LogP contribution in [0.3, 0.4) is 0 Å².